The van der Waals surface area contributed by atoms with Crippen molar-refractivity contribution >= 4 is 27.5 Å². The molecule has 1 aliphatic carbocycles. The van der Waals surface area contributed by atoms with E-state index < -0.39 is 10.0 Å². The van der Waals surface area contributed by atoms with Gasteiger partial charge >= 0.3 is 0 Å². The van der Waals surface area contributed by atoms with Gasteiger partial charge in [-0.3, -0.25) is 4.72 Å². The molecule has 2 aliphatic rings. The van der Waals surface area contributed by atoms with E-state index in [1.54, 1.807) is 18.3 Å². The summed E-state index contributed by atoms with van der Waals surface area (Å²) < 4.78 is 35.9. The number of hydrogen-bond acceptors (Lipinski definition) is 11. The van der Waals surface area contributed by atoms with Gasteiger partial charge in [0, 0.05) is 43.6 Å². The van der Waals surface area contributed by atoms with Crippen LogP contribution < -0.4 is 21.1 Å². The summed E-state index contributed by atoms with van der Waals surface area (Å²) in [4.78, 5) is 13.0. The maximum atomic E-state index is 11.2. The van der Waals surface area contributed by atoms with Gasteiger partial charge in [-0.15, -0.1) is 0 Å². The number of aromatic nitrogens is 3. The first-order valence-corrected chi connectivity index (χ1v) is 18.1. The highest BCUT2D eigenvalue weighted by molar-refractivity contribution is 7.92. The summed E-state index contributed by atoms with van der Waals surface area (Å²) in [6.07, 6.45) is 10.8. The molecule has 0 spiro atoms. The molecule has 0 amide bonds. The van der Waals surface area contributed by atoms with Crippen LogP contribution in [0.5, 0.6) is 0 Å². The number of ether oxygens (including phenoxy) is 2. The fourth-order valence-electron chi connectivity index (χ4n) is 5.72. The Morgan fingerprint density at radius 2 is 1.83 bits per heavy atom. The van der Waals surface area contributed by atoms with E-state index in [1.165, 1.54) is 32.1 Å². The largest absolute Gasteiger partial charge is 0.384 e. The number of anilines is 3. The number of nitrogens with one attached hydrogen (secondary N) is 3. The third-order valence-electron chi connectivity index (χ3n) is 8.28. The van der Waals surface area contributed by atoms with Crippen LogP contribution >= 0.6 is 0 Å². The first-order chi connectivity index (χ1) is 22.5. The Hall–Kier alpha value is -3.83. The number of aryl methyl sites for hydroxylation is 1. The Morgan fingerprint density at radius 1 is 1.11 bits per heavy atom. The van der Waals surface area contributed by atoms with Gasteiger partial charge in [0.05, 0.1) is 42.3 Å². The Balaban J connectivity index is 0.000000213. The lowest BCUT2D eigenvalue weighted by Crippen LogP contribution is -2.40. The summed E-state index contributed by atoms with van der Waals surface area (Å²) in [6.45, 7) is 6.94. The van der Waals surface area contributed by atoms with Crippen molar-refractivity contribution in [1.82, 2.24) is 20.3 Å². The van der Waals surface area contributed by atoms with Gasteiger partial charge in [-0.2, -0.15) is 5.26 Å². The third kappa shape index (κ3) is 12.0. The second kappa shape index (κ2) is 17.4. The number of nitrogen functional groups attached to an aromatic ring is 1. The molecule has 5 rings (SSSR count). The first kappa shape index (κ1) is 36.0. The number of nitrogens with zero attached hydrogens (tertiary/aromatic N) is 4. The smallest absolute Gasteiger partial charge is 0.230 e. The molecular weight excluding hydrogens is 616 g/mol. The maximum Gasteiger partial charge on any atom is 0.230 e. The molecule has 254 valence electrons. The molecule has 0 aromatic carbocycles. The SMILES string of the molecule is CC(COCc1cccc(NS(C)(=O)=O)n1)NC1CCCCC1.Cc1cnc(N)cc1-c1cccc(NCC2(C#N)CCOCC2)n1. The van der Waals surface area contributed by atoms with E-state index in [4.69, 9.17) is 15.2 Å². The summed E-state index contributed by atoms with van der Waals surface area (Å²) in [6, 6.07) is 16.2. The summed E-state index contributed by atoms with van der Waals surface area (Å²) >= 11 is 0. The lowest BCUT2D eigenvalue weighted by molar-refractivity contribution is 0.0455. The lowest BCUT2D eigenvalue weighted by atomic mass is 9.82. The van der Waals surface area contributed by atoms with Crippen molar-refractivity contribution in [2.75, 3.05) is 48.4 Å². The van der Waals surface area contributed by atoms with Crippen molar-refractivity contribution < 1.29 is 17.9 Å². The van der Waals surface area contributed by atoms with E-state index in [2.05, 4.69) is 43.3 Å². The van der Waals surface area contributed by atoms with Gasteiger partial charge < -0.3 is 25.8 Å². The molecule has 1 saturated heterocycles. The minimum atomic E-state index is -3.31. The van der Waals surface area contributed by atoms with E-state index in [9.17, 15) is 13.7 Å². The molecule has 0 radical (unpaired) electrons. The second-order valence-electron chi connectivity index (χ2n) is 12.5. The third-order valence-corrected chi connectivity index (χ3v) is 8.86. The molecule has 1 atom stereocenters. The maximum absolute atomic E-state index is 11.2. The number of sulfonamides is 1. The van der Waals surface area contributed by atoms with Crippen LogP contribution in [0.25, 0.3) is 11.3 Å². The molecule has 5 N–H and O–H groups in total. The molecule has 47 heavy (non-hydrogen) atoms. The molecule has 3 aromatic rings. The van der Waals surface area contributed by atoms with Crippen molar-refractivity contribution in [2.24, 2.45) is 5.41 Å². The Kier molecular flexibility index (Phi) is 13.3. The summed E-state index contributed by atoms with van der Waals surface area (Å²) in [7, 11) is -3.31. The van der Waals surface area contributed by atoms with Crippen LogP contribution in [0, 0.1) is 23.7 Å². The van der Waals surface area contributed by atoms with E-state index in [1.807, 2.05) is 37.3 Å². The number of hydrogen-bond donors (Lipinski definition) is 4. The van der Waals surface area contributed by atoms with Crippen molar-refractivity contribution in [2.45, 2.75) is 77.5 Å². The van der Waals surface area contributed by atoms with Crippen LogP contribution in [0.2, 0.25) is 0 Å². The van der Waals surface area contributed by atoms with Crippen molar-refractivity contribution in [3.05, 3.63) is 59.9 Å². The topological polar surface area (TPSA) is 177 Å². The second-order valence-corrected chi connectivity index (χ2v) is 14.2. The van der Waals surface area contributed by atoms with E-state index in [0.717, 1.165) is 41.7 Å². The van der Waals surface area contributed by atoms with Crippen LogP contribution in [0.4, 0.5) is 17.5 Å². The molecular formula is C34H48N8O4S. The predicted molar refractivity (Wildman–Crippen MR) is 185 cm³/mol. The van der Waals surface area contributed by atoms with Crippen LogP contribution in [-0.4, -0.2) is 68.1 Å². The molecule has 0 bridgehead atoms. The number of nitriles is 1. The highest BCUT2D eigenvalue weighted by Crippen LogP contribution is 2.30. The molecule has 1 aliphatic heterocycles. The first-order valence-electron chi connectivity index (χ1n) is 16.2. The summed E-state index contributed by atoms with van der Waals surface area (Å²) in [5.74, 6) is 1.55. The molecule has 1 saturated carbocycles. The highest BCUT2D eigenvalue weighted by Gasteiger charge is 2.32. The van der Waals surface area contributed by atoms with Gasteiger partial charge in [-0.05, 0) is 75.4 Å². The van der Waals surface area contributed by atoms with Crippen molar-refractivity contribution in [1.29, 1.82) is 5.26 Å². The molecule has 4 heterocycles. The Bertz CT molecular complexity index is 1580. The van der Waals surface area contributed by atoms with Crippen LogP contribution in [0.1, 0.15) is 63.1 Å². The van der Waals surface area contributed by atoms with E-state index in [-0.39, 0.29) is 5.41 Å². The zero-order valence-corrected chi connectivity index (χ0v) is 28.5. The van der Waals surface area contributed by atoms with Crippen molar-refractivity contribution in [3.63, 3.8) is 0 Å². The number of rotatable bonds is 12. The van der Waals surface area contributed by atoms with Crippen molar-refractivity contribution in [3.8, 4) is 17.3 Å². The van der Waals surface area contributed by atoms with E-state index in [0.29, 0.717) is 62.4 Å². The fraction of sp³-hybridized carbons (Fsp3) is 0.529. The standard InChI is InChI=1S/C18H21N5O.C16H27N3O3S/c1-13-10-21-16(20)9-14(13)15-3-2-4-17(23-15)22-12-18(11-19)5-7-24-8-6-18;1-13(17-14-7-4-3-5-8-14)11-22-12-15-9-6-10-16(18-15)19-23(2,20)21/h2-4,9-10H,5-8,12H2,1H3,(H2,20,21)(H,22,23);6,9-10,13-14,17H,3-5,7-8,11-12H2,1-2H3,(H,18,19). The Morgan fingerprint density at radius 3 is 2.55 bits per heavy atom. The van der Waals surface area contributed by atoms with Gasteiger partial charge in [-0.25, -0.2) is 23.4 Å². The zero-order chi connectivity index (χ0) is 33.7. The molecule has 2 fully saturated rings. The van der Waals surface area contributed by atoms with Gasteiger partial charge in [0.2, 0.25) is 10.0 Å². The molecule has 12 nitrogen and oxygen atoms in total. The summed E-state index contributed by atoms with van der Waals surface area (Å²) in [5, 5.41) is 16.5. The zero-order valence-electron chi connectivity index (χ0n) is 27.7. The number of nitrogens with two attached hydrogens (primary N) is 1. The number of pyridine rings is 3. The average molecular weight is 665 g/mol. The average Bonchev–Trinajstić information content (AvgIpc) is 3.06. The van der Waals surface area contributed by atoms with Gasteiger partial charge in [-0.1, -0.05) is 31.4 Å². The normalized spacial score (nSPS) is 17.1. The fourth-order valence-corrected chi connectivity index (χ4v) is 6.21. The van der Waals surface area contributed by atoms with Gasteiger partial charge in [0.25, 0.3) is 0 Å². The van der Waals surface area contributed by atoms with Crippen LogP contribution in [0.15, 0.2) is 48.7 Å². The Labute approximate surface area is 279 Å². The highest BCUT2D eigenvalue weighted by atomic mass is 32.2. The molecule has 1 unspecified atom stereocenters. The minimum Gasteiger partial charge on any atom is -0.384 e. The predicted octanol–water partition coefficient (Wildman–Crippen LogP) is 5.05. The molecule has 3 aromatic heterocycles. The monoisotopic (exact) mass is 664 g/mol. The lowest BCUT2D eigenvalue weighted by Gasteiger charge is -2.30. The van der Waals surface area contributed by atoms with Crippen LogP contribution in [0.3, 0.4) is 0 Å². The van der Waals surface area contributed by atoms with Gasteiger partial charge in [0.1, 0.15) is 17.5 Å². The molecule has 13 heteroatoms. The van der Waals surface area contributed by atoms with Crippen LogP contribution in [-0.2, 0) is 26.1 Å². The van der Waals surface area contributed by atoms with E-state index >= 15 is 0 Å². The van der Waals surface area contributed by atoms with Gasteiger partial charge in [0.15, 0.2) is 0 Å². The summed E-state index contributed by atoms with van der Waals surface area (Å²) in [5.41, 5.74) is 8.94. The minimum absolute atomic E-state index is 0.301. The quantitative estimate of drug-likeness (QED) is 0.204.